The first kappa shape index (κ1) is 20.1. The maximum Gasteiger partial charge on any atom is 0.194 e. The maximum absolute atomic E-state index is 10.5. The molecule has 0 radical (unpaired) electrons. The van der Waals surface area contributed by atoms with Crippen LogP contribution in [0, 0.1) is 0 Å². The molecule has 2 aromatic heterocycles. The van der Waals surface area contributed by atoms with Crippen LogP contribution in [0.5, 0.6) is 0 Å². The smallest absolute Gasteiger partial charge is 0.194 e. The Balaban J connectivity index is 1.79. The normalized spacial score (nSPS) is 26.6. The largest absolute Gasteiger partial charge is 0.414 e. The molecule has 27 heavy (non-hydrogen) atoms. The minimum Gasteiger partial charge on any atom is -0.414 e. The summed E-state index contributed by atoms with van der Waals surface area (Å²) < 4.78 is 13.8. The monoisotopic (exact) mass is 395 g/mol. The second-order valence-corrected chi connectivity index (χ2v) is 12.9. The summed E-state index contributed by atoms with van der Waals surface area (Å²) in [5, 5.41) is 21.0. The standard InChI is InChI=1S/C17H29N5O4Si/c1-9(2)27(5,10(3)4)25-6-11-13(23)14(24)17(26-11)22-8-21-12-15(18)19-7-20-16(12)22/h7-11,13-14,17,23-24H,6H2,1-5H3,(H2,18,19,20)/t11-,13-,14+,17?/m1/s1. The first-order valence-corrected chi connectivity index (χ1v) is 11.8. The highest BCUT2D eigenvalue weighted by Crippen LogP contribution is 2.36. The zero-order valence-corrected chi connectivity index (χ0v) is 17.4. The summed E-state index contributed by atoms with van der Waals surface area (Å²) in [5.74, 6) is 0.252. The minimum absolute atomic E-state index is 0.234. The predicted octanol–water partition coefficient (Wildman–Crippen LogP) is 1.44. The lowest BCUT2D eigenvalue weighted by atomic mass is 10.1. The van der Waals surface area contributed by atoms with Crippen molar-refractivity contribution in [3.8, 4) is 0 Å². The van der Waals surface area contributed by atoms with E-state index < -0.39 is 32.9 Å². The van der Waals surface area contributed by atoms with E-state index >= 15 is 0 Å². The summed E-state index contributed by atoms with van der Waals surface area (Å²) in [6.07, 6.45) is -0.829. The summed E-state index contributed by atoms with van der Waals surface area (Å²) in [6.45, 7) is 11.1. The van der Waals surface area contributed by atoms with Crippen LogP contribution in [0.4, 0.5) is 5.82 Å². The molecule has 3 rings (SSSR count). The van der Waals surface area contributed by atoms with Crippen LogP contribution in [0.2, 0.25) is 17.6 Å². The third kappa shape index (κ3) is 3.47. The van der Waals surface area contributed by atoms with Crippen LogP contribution in [0.25, 0.3) is 11.2 Å². The first-order chi connectivity index (χ1) is 12.7. The van der Waals surface area contributed by atoms with Gasteiger partial charge in [0.15, 0.2) is 26.0 Å². The van der Waals surface area contributed by atoms with E-state index in [1.807, 2.05) is 0 Å². The average Bonchev–Trinajstić information content (AvgIpc) is 3.16. The molecule has 1 aliphatic rings. The number of hydrogen-bond donors (Lipinski definition) is 3. The number of anilines is 1. The number of nitrogen functional groups attached to an aromatic ring is 1. The van der Waals surface area contributed by atoms with Crippen molar-refractivity contribution in [1.82, 2.24) is 19.5 Å². The number of aliphatic hydroxyl groups excluding tert-OH is 2. The topological polar surface area (TPSA) is 129 Å². The van der Waals surface area contributed by atoms with E-state index in [4.69, 9.17) is 14.9 Å². The van der Waals surface area contributed by atoms with Gasteiger partial charge in [0.25, 0.3) is 0 Å². The van der Waals surface area contributed by atoms with Gasteiger partial charge in [-0.25, -0.2) is 15.0 Å². The molecule has 150 valence electrons. The van der Waals surface area contributed by atoms with Crippen molar-refractivity contribution in [2.24, 2.45) is 0 Å². The highest BCUT2D eigenvalue weighted by atomic mass is 28.4. The van der Waals surface area contributed by atoms with Crippen LogP contribution in [0.1, 0.15) is 33.9 Å². The fraction of sp³-hybridized carbons (Fsp3) is 0.706. The molecule has 0 aliphatic carbocycles. The quantitative estimate of drug-likeness (QED) is 0.627. The lowest BCUT2D eigenvalue weighted by Gasteiger charge is -2.36. The molecular weight excluding hydrogens is 366 g/mol. The van der Waals surface area contributed by atoms with E-state index in [2.05, 4.69) is 49.2 Å². The SMILES string of the molecule is CC(C)[Si](C)(OC[C@H]1OC(n2cnc3c(N)ncnc32)[C@@H](O)[C@@H]1O)C(C)C. The Morgan fingerprint density at radius 3 is 2.48 bits per heavy atom. The number of nitrogens with two attached hydrogens (primary N) is 1. The van der Waals surface area contributed by atoms with Crippen LogP contribution in [-0.2, 0) is 9.16 Å². The number of aromatic nitrogens is 4. The Morgan fingerprint density at radius 1 is 1.19 bits per heavy atom. The van der Waals surface area contributed by atoms with Crippen LogP contribution >= 0.6 is 0 Å². The third-order valence-corrected chi connectivity index (χ3v) is 11.2. The lowest BCUT2D eigenvalue weighted by molar-refractivity contribution is -0.0491. The molecular formula is C17H29N5O4Si. The van der Waals surface area contributed by atoms with Crippen molar-refractivity contribution in [3.05, 3.63) is 12.7 Å². The Kier molecular flexibility index (Phi) is 5.55. The van der Waals surface area contributed by atoms with Gasteiger partial charge in [0, 0.05) is 0 Å². The van der Waals surface area contributed by atoms with Gasteiger partial charge in [-0.1, -0.05) is 27.7 Å². The molecule has 1 saturated heterocycles. The first-order valence-electron chi connectivity index (χ1n) is 9.25. The molecule has 4 atom stereocenters. The number of ether oxygens (including phenoxy) is 1. The van der Waals surface area contributed by atoms with Gasteiger partial charge in [-0.3, -0.25) is 4.57 Å². The number of fused-ring (bicyclic) bond motifs is 1. The van der Waals surface area contributed by atoms with Crippen molar-refractivity contribution in [3.63, 3.8) is 0 Å². The van der Waals surface area contributed by atoms with Gasteiger partial charge >= 0.3 is 0 Å². The molecule has 0 spiro atoms. The molecule has 0 amide bonds. The highest BCUT2D eigenvalue weighted by molar-refractivity contribution is 6.75. The van der Waals surface area contributed by atoms with Crippen molar-refractivity contribution < 1.29 is 19.4 Å². The summed E-state index contributed by atoms with van der Waals surface area (Å²) in [4.78, 5) is 12.3. The Labute approximate surface area is 159 Å². The average molecular weight is 396 g/mol. The van der Waals surface area contributed by atoms with Crippen molar-refractivity contribution >= 4 is 25.3 Å². The van der Waals surface area contributed by atoms with Gasteiger partial charge in [0.1, 0.15) is 30.2 Å². The second-order valence-electron chi connectivity index (χ2n) is 7.93. The summed E-state index contributed by atoms with van der Waals surface area (Å²) in [5.41, 5.74) is 7.55. The Hall–Kier alpha value is -1.59. The molecule has 1 fully saturated rings. The lowest BCUT2D eigenvalue weighted by Crippen LogP contribution is -2.45. The van der Waals surface area contributed by atoms with Crippen LogP contribution in [0.3, 0.4) is 0 Å². The van der Waals surface area contributed by atoms with Gasteiger partial charge in [-0.05, 0) is 17.6 Å². The van der Waals surface area contributed by atoms with Gasteiger partial charge < -0.3 is 25.1 Å². The van der Waals surface area contributed by atoms with Gasteiger partial charge in [-0.15, -0.1) is 0 Å². The molecule has 3 heterocycles. The highest BCUT2D eigenvalue weighted by Gasteiger charge is 2.46. The molecule has 10 heteroatoms. The van der Waals surface area contributed by atoms with Gasteiger partial charge in [0.2, 0.25) is 0 Å². The number of aliphatic hydroxyl groups is 2. The fourth-order valence-electron chi connectivity index (χ4n) is 3.41. The predicted molar refractivity (Wildman–Crippen MR) is 103 cm³/mol. The van der Waals surface area contributed by atoms with E-state index in [0.29, 0.717) is 22.2 Å². The van der Waals surface area contributed by atoms with Crippen molar-refractivity contribution in [2.75, 3.05) is 12.3 Å². The molecule has 2 aromatic rings. The van der Waals surface area contributed by atoms with E-state index in [9.17, 15) is 10.2 Å². The summed E-state index contributed by atoms with van der Waals surface area (Å²) in [7, 11) is -1.99. The van der Waals surface area contributed by atoms with Gasteiger partial charge in [0.05, 0.1) is 12.9 Å². The van der Waals surface area contributed by atoms with Crippen molar-refractivity contribution in [2.45, 2.75) is 69.9 Å². The molecule has 0 aromatic carbocycles. The number of imidazole rings is 1. The van der Waals surface area contributed by atoms with E-state index in [0.717, 1.165) is 0 Å². The number of hydrogen-bond acceptors (Lipinski definition) is 8. The number of nitrogens with zero attached hydrogens (tertiary/aromatic N) is 4. The van der Waals surface area contributed by atoms with E-state index in [1.165, 1.54) is 12.7 Å². The van der Waals surface area contributed by atoms with Gasteiger partial charge in [-0.2, -0.15) is 0 Å². The Morgan fingerprint density at radius 2 is 1.85 bits per heavy atom. The molecule has 4 N–H and O–H groups in total. The van der Waals surface area contributed by atoms with Crippen LogP contribution in [-0.4, -0.2) is 63.0 Å². The third-order valence-electron chi connectivity index (χ3n) is 5.85. The molecule has 1 unspecified atom stereocenters. The summed E-state index contributed by atoms with van der Waals surface area (Å²) in [6, 6.07) is 0. The van der Waals surface area contributed by atoms with E-state index in [1.54, 1.807) is 4.57 Å². The Bertz CT molecular complexity index is 791. The maximum atomic E-state index is 10.5. The molecule has 0 bridgehead atoms. The van der Waals surface area contributed by atoms with Crippen LogP contribution in [0.15, 0.2) is 12.7 Å². The van der Waals surface area contributed by atoms with E-state index in [-0.39, 0.29) is 12.4 Å². The summed E-state index contributed by atoms with van der Waals surface area (Å²) >= 11 is 0. The van der Waals surface area contributed by atoms with Crippen molar-refractivity contribution in [1.29, 1.82) is 0 Å². The number of rotatable bonds is 6. The minimum atomic E-state index is -1.99. The van der Waals surface area contributed by atoms with Crippen LogP contribution < -0.4 is 5.73 Å². The molecule has 9 nitrogen and oxygen atoms in total. The molecule has 0 saturated carbocycles. The zero-order valence-electron chi connectivity index (χ0n) is 16.4. The molecule has 1 aliphatic heterocycles. The fourth-order valence-corrected chi connectivity index (χ4v) is 5.94. The second kappa shape index (κ2) is 7.44. The zero-order chi connectivity index (χ0) is 19.9.